The number of hydrogen-bond acceptors (Lipinski definition) is 2. The van der Waals surface area contributed by atoms with Crippen molar-refractivity contribution < 1.29 is 4.79 Å². The molecule has 0 bridgehead atoms. The molecule has 4 nitrogen and oxygen atoms in total. The molecule has 1 amide bonds. The van der Waals surface area contributed by atoms with Gasteiger partial charge in [0.1, 0.15) is 0 Å². The first-order valence-corrected chi connectivity index (χ1v) is 6.34. The van der Waals surface area contributed by atoms with E-state index in [0.717, 1.165) is 11.4 Å². The van der Waals surface area contributed by atoms with Crippen LogP contribution in [0.25, 0.3) is 0 Å². The van der Waals surface area contributed by atoms with Gasteiger partial charge in [-0.25, -0.2) is 5.84 Å². The Morgan fingerprint density at radius 2 is 2.00 bits per heavy atom. The SMILES string of the molecule is Cc1cc(C(=O)NN)c(C)n1C1CCCCC1. The lowest BCUT2D eigenvalue weighted by atomic mass is 9.95. The molecule has 1 saturated carbocycles. The van der Waals surface area contributed by atoms with Gasteiger partial charge >= 0.3 is 0 Å². The van der Waals surface area contributed by atoms with Crippen LogP contribution in [0.3, 0.4) is 0 Å². The fourth-order valence-electron chi connectivity index (χ4n) is 2.99. The van der Waals surface area contributed by atoms with Crippen LogP contribution < -0.4 is 11.3 Å². The first kappa shape index (κ1) is 12.2. The topological polar surface area (TPSA) is 60.1 Å². The van der Waals surface area contributed by atoms with Crippen molar-refractivity contribution in [1.82, 2.24) is 9.99 Å². The molecule has 1 aliphatic carbocycles. The smallest absolute Gasteiger partial charge is 0.267 e. The molecule has 1 aromatic rings. The fourth-order valence-corrected chi connectivity index (χ4v) is 2.99. The molecule has 3 N–H and O–H groups in total. The second-order valence-electron chi connectivity index (χ2n) is 4.92. The minimum atomic E-state index is -0.194. The Kier molecular flexibility index (Phi) is 3.52. The van der Waals surface area contributed by atoms with Gasteiger partial charge in [-0.05, 0) is 32.8 Å². The monoisotopic (exact) mass is 235 g/mol. The maximum absolute atomic E-state index is 11.6. The largest absolute Gasteiger partial charge is 0.345 e. The van der Waals surface area contributed by atoms with E-state index < -0.39 is 0 Å². The zero-order valence-corrected chi connectivity index (χ0v) is 10.6. The van der Waals surface area contributed by atoms with Crippen LogP contribution in [-0.2, 0) is 0 Å². The summed E-state index contributed by atoms with van der Waals surface area (Å²) >= 11 is 0. The maximum atomic E-state index is 11.6. The third-order valence-electron chi connectivity index (χ3n) is 3.80. The number of nitrogens with two attached hydrogens (primary N) is 1. The van der Waals surface area contributed by atoms with E-state index in [1.165, 1.54) is 32.1 Å². The number of aromatic nitrogens is 1. The number of nitrogens with one attached hydrogen (secondary N) is 1. The molecule has 2 rings (SSSR count). The van der Waals surface area contributed by atoms with Gasteiger partial charge in [0.2, 0.25) is 0 Å². The average Bonchev–Trinajstić information content (AvgIpc) is 2.65. The van der Waals surface area contributed by atoms with Crippen LogP contribution in [0.4, 0.5) is 0 Å². The number of rotatable bonds is 2. The van der Waals surface area contributed by atoms with Gasteiger partial charge in [-0.3, -0.25) is 10.2 Å². The quantitative estimate of drug-likeness (QED) is 0.469. The van der Waals surface area contributed by atoms with Crippen LogP contribution in [0.1, 0.15) is 59.9 Å². The number of carbonyl (C=O) groups is 1. The highest BCUT2D eigenvalue weighted by molar-refractivity contribution is 5.95. The van der Waals surface area contributed by atoms with Crippen molar-refractivity contribution in [2.24, 2.45) is 5.84 Å². The van der Waals surface area contributed by atoms with E-state index in [4.69, 9.17) is 5.84 Å². The lowest BCUT2D eigenvalue weighted by molar-refractivity contribution is 0.0953. The molecular formula is C13H21N3O. The molecule has 94 valence electrons. The van der Waals surface area contributed by atoms with E-state index in [0.29, 0.717) is 11.6 Å². The van der Waals surface area contributed by atoms with Gasteiger partial charge in [0.25, 0.3) is 5.91 Å². The van der Waals surface area contributed by atoms with Crippen LogP contribution in [0.15, 0.2) is 6.07 Å². The number of hydrogen-bond donors (Lipinski definition) is 2. The Morgan fingerprint density at radius 1 is 1.35 bits per heavy atom. The van der Waals surface area contributed by atoms with Crippen LogP contribution in [0.2, 0.25) is 0 Å². The van der Waals surface area contributed by atoms with E-state index in [1.54, 1.807) is 0 Å². The highest BCUT2D eigenvalue weighted by Crippen LogP contribution is 2.32. The third-order valence-corrected chi connectivity index (χ3v) is 3.80. The minimum Gasteiger partial charge on any atom is -0.345 e. The Balaban J connectivity index is 2.33. The molecule has 1 aliphatic rings. The lowest BCUT2D eigenvalue weighted by Gasteiger charge is -2.26. The molecule has 0 spiro atoms. The van der Waals surface area contributed by atoms with Gasteiger partial charge in [0.15, 0.2) is 0 Å². The summed E-state index contributed by atoms with van der Waals surface area (Å²) < 4.78 is 2.31. The molecule has 0 aromatic carbocycles. The summed E-state index contributed by atoms with van der Waals surface area (Å²) in [6.45, 7) is 4.07. The molecule has 1 fully saturated rings. The predicted molar refractivity (Wildman–Crippen MR) is 67.7 cm³/mol. The van der Waals surface area contributed by atoms with Gasteiger partial charge < -0.3 is 4.57 Å². The minimum absolute atomic E-state index is 0.194. The lowest BCUT2D eigenvalue weighted by Crippen LogP contribution is -2.30. The number of carbonyl (C=O) groups excluding carboxylic acids is 1. The molecule has 1 heterocycles. The normalized spacial score (nSPS) is 17.1. The first-order chi connectivity index (χ1) is 8.15. The number of aryl methyl sites for hydroxylation is 1. The van der Waals surface area contributed by atoms with E-state index in [2.05, 4.69) is 16.9 Å². The van der Waals surface area contributed by atoms with Crippen LogP contribution >= 0.6 is 0 Å². The van der Waals surface area contributed by atoms with Crippen molar-refractivity contribution in [2.45, 2.75) is 52.0 Å². The predicted octanol–water partition coefficient (Wildman–Crippen LogP) is 2.21. The molecule has 4 heteroatoms. The highest BCUT2D eigenvalue weighted by Gasteiger charge is 2.21. The molecule has 1 aromatic heterocycles. The Bertz CT molecular complexity index is 417. The van der Waals surface area contributed by atoms with E-state index in [-0.39, 0.29) is 5.91 Å². The highest BCUT2D eigenvalue weighted by atomic mass is 16.2. The summed E-state index contributed by atoms with van der Waals surface area (Å²) in [7, 11) is 0. The second kappa shape index (κ2) is 4.92. The standard InChI is InChI=1S/C13H21N3O/c1-9-8-12(13(17)15-14)10(2)16(9)11-6-4-3-5-7-11/h8,11H,3-7,14H2,1-2H3,(H,15,17). The van der Waals surface area contributed by atoms with Crippen molar-refractivity contribution in [1.29, 1.82) is 0 Å². The Labute approximate surface area is 102 Å². The molecular weight excluding hydrogens is 214 g/mol. The zero-order chi connectivity index (χ0) is 12.4. The van der Waals surface area contributed by atoms with Gasteiger partial charge in [-0.2, -0.15) is 0 Å². The summed E-state index contributed by atoms with van der Waals surface area (Å²) in [5.74, 6) is 5.01. The molecule has 0 atom stereocenters. The zero-order valence-electron chi connectivity index (χ0n) is 10.6. The summed E-state index contributed by atoms with van der Waals surface area (Å²) in [4.78, 5) is 11.6. The van der Waals surface area contributed by atoms with Crippen LogP contribution in [0.5, 0.6) is 0 Å². The maximum Gasteiger partial charge on any atom is 0.267 e. The number of nitrogen functional groups attached to an aromatic ring is 1. The van der Waals surface area contributed by atoms with Crippen LogP contribution in [0, 0.1) is 13.8 Å². The molecule has 0 unspecified atom stereocenters. The number of amides is 1. The third kappa shape index (κ3) is 2.22. The number of hydrazine groups is 1. The molecule has 0 aliphatic heterocycles. The molecule has 0 saturated heterocycles. The number of nitrogens with zero attached hydrogens (tertiary/aromatic N) is 1. The van der Waals surface area contributed by atoms with Crippen molar-refractivity contribution in [3.8, 4) is 0 Å². The average molecular weight is 235 g/mol. The summed E-state index contributed by atoms with van der Waals surface area (Å²) in [5, 5.41) is 0. The van der Waals surface area contributed by atoms with Crippen LogP contribution in [-0.4, -0.2) is 10.5 Å². The van der Waals surface area contributed by atoms with Crippen molar-refractivity contribution in [2.75, 3.05) is 0 Å². The van der Waals surface area contributed by atoms with E-state index in [9.17, 15) is 4.79 Å². The fraction of sp³-hybridized carbons (Fsp3) is 0.615. The molecule has 0 radical (unpaired) electrons. The summed E-state index contributed by atoms with van der Waals surface area (Å²) in [5.41, 5.74) is 5.12. The second-order valence-corrected chi connectivity index (χ2v) is 4.92. The van der Waals surface area contributed by atoms with Crippen molar-refractivity contribution in [3.05, 3.63) is 23.0 Å². The summed E-state index contributed by atoms with van der Waals surface area (Å²) in [6.07, 6.45) is 6.37. The van der Waals surface area contributed by atoms with Crippen molar-refractivity contribution in [3.63, 3.8) is 0 Å². The van der Waals surface area contributed by atoms with Gasteiger partial charge in [0, 0.05) is 17.4 Å². The van der Waals surface area contributed by atoms with E-state index >= 15 is 0 Å². The summed E-state index contributed by atoms with van der Waals surface area (Å²) in [6, 6.07) is 2.50. The van der Waals surface area contributed by atoms with Gasteiger partial charge in [-0.1, -0.05) is 19.3 Å². The van der Waals surface area contributed by atoms with Gasteiger partial charge in [-0.15, -0.1) is 0 Å². The molecule has 17 heavy (non-hydrogen) atoms. The Hall–Kier alpha value is -1.29. The van der Waals surface area contributed by atoms with Crippen molar-refractivity contribution >= 4 is 5.91 Å². The Morgan fingerprint density at radius 3 is 2.59 bits per heavy atom. The van der Waals surface area contributed by atoms with Gasteiger partial charge in [0.05, 0.1) is 5.56 Å². The van der Waals surface area contributed by atoms with E-state index in [1.807, 2.05) is 13.0 Å². The first-order valence-electron chi connectivity index (χ1n) is 6.34.